The summed E-state index contributed by atoms with van der Waals surface area (Å²) >= 11 is 0. The number of carbonyl (C=O) groups is 2. The number of anilines is 1. The Kier molecular flexibility index (Phi) is 5.15. The van der Waals surface area contributed by atoms with Crippen LogP contribution < -0.4 is 5.32 Å². The van der Waals surface area contributed by atoms with Crippen LogP contribution in [0.3, 0.4) is 0 Å². The fourth-order valence-electron chi connectivity index (χ4n) is 1.63. The van der Waals surface area contributed by atoms with Gasteiger partial charge in [0.25, 0.3) is 0 Å². The molecule has 7 nitrogen and oxygen atoms in total. The Morgan fingerprint density at radius 2 is 1.95 bits per heavy atom. The third-order valence-corrected chi connectivity index (χ3v) is 2.40. The molecule has 1 aromatic carbocycles. The van der Waals surface area contributed by atoms with Crippen molar-refractivity contribution in [3.05, 3.63) is 23.8 Å². The molecule has 7 heteroatoms. The number of aliphatic carboxylic acids is 1. The van der Waals surface area contributed by atoms with Crippen LogP contribution in [0.15, 0.2) is 18.2 Å². The minimum Gasteiger partial charge on any atom is -0.508 e. The lowest BCUT2D eigenvalue weighted by molar-refractivity contribution is -0.139. The molecule has 1 amide bonds. The number of phenols is 1. The van der Waals surface area contributed by atoms with Gasteiger partial charge in [0.05, 0.1) is 18.2 Å². The molecule has 0 spiro atoms. The largest absolute Gasteiger partial charge is 0.508 e. The van der Waals surface area contributed by atoms with E-state index in [4.69, 9.17) is 9.84 Å². The summed E-state index contributed by atoms with van der Waals surface area (Å²) < 4.78 is 5.08. The Balaban J connectivity index is 2.96. The van der Waals surface area contributed by atoms with E-state index in [1.165, 1.54) is 18.2 Å². The van der Waals surface area contributed by atoms with Crippen molar-refractivity contribution < 1.29 is 29.6 Å². The topological polar surface area (TPSA) is 116 Å². The van der Waals surface area contributed by atoms with Crippen molar-refractivity contribution in [3.8, 4) is 5.75 Å². The van der Waals surface area contributed by atoms with Gasteiger partial charge in [0, 0.05) is 5.56 Å². The second kappa shape index (κ2) is 6.45. The van der Waals surface area contributed by atoms with Crippen molar-refractivity contribution in [3.63, 3.8) is 0 Å². The number of hydrogen-bond acceptors (Lipinski definition) is 5. The number of phenolic OH excluding ortho intramolecular Hbond substituents is 1. The molecule has 0 heterocycles. The maximum Gasteiger partial charge on any atom is 0.412 e. The molecular formula is C14H19NO6. The number of aromatic hydroxyl groups is 1. The summed E-state index contributed by atoms with van der Waals surface area (Å²) in [7, 11) is 0. The fourth-order valence-corrected chi connectivity index (χ4v) is 1.63. The number of aliphatic hydroxyl groups is 1. The maximum absolute atomic E-state index is 11.7. The summed E-state index contributed by atoms with van der Waals surface area (Å²) in [6.07, 6.45) is -2.65. The van der Waals surface area contributed by atoms with E-state index in [0.717, 1.165) is 0 Å². The van der Waals surface area contributed by atoms with Crippen LogP contribution in [0.4, 0.5) is 10.5 Å². The molecule has 4 N–H and O–H groups in total. The van der Waals surface area contributed by atoms with Crippen molar-refractivity contribution >= 4 is 17.7 Å². The smallest absolute Gasteiger partial charge is 0.412 e. The molecule has 0 bridgehead atoms. The predicted molar refractivity (Wildman–Crippen MR) is 75.2 cm³/mol. The van der Waals surface area contributed by atoms with Gasteiger partial charge in [-0.15, -0.1) is 0 Å². The zero-order valence-corrected chi connectivity index (χ0v) is 12.1. The molecule has 1 rings (SSSR count). The highest BCUT2D eigenvalue weighted by molar-refractivity contribution is 5.86. The Morgan fingerprint density at radius 3 is 2.48 bits per heavy atom. The first-order chi connectivity index (χ1) is 9.58. The van der Waals surface area contributed by atoms with E-state index in [1.54, 1.807) is 20.8 Å². The van der Waals surface area contributed by atoms with Crippen molar-refractivity contribution in [1.82, 2.24) is 0 Å². The van der Waals surface area contributed by atoms with E-state index in [0.29, 0.717) is 0 Å². The average molecular weight is 297 g/mol. The van der Waals surface area contributed by atoms with Gasteiger partial charge >= 0.3 is 12.1 Å². The monoisotopic (exact) mass is 297 g/mol. The van der Waals surface area contributed by atoms with Crippen LogP contribution in [0.25, 0.3) is 0 Å². The van der Waals surface area contributed by atoms with Crippen LogP contribution in [-0.2, 0) is 9.53 Å². The van der Waals surface area contributed by atoms with Gasteiger partial charge < -0.3 is 20.1 Å². The highest BCUT2D eigenvalue weighted by atomic mass is 16.6. The van der Waals surface area contributed by atoms with E-state index < -0.39 is 30.2 Å². The van der Waals surface area contributed by atoms with Crippen LogP contribution in [0.2, 0.25) is 0 Å². The van der Waals surface area contributed by atoms with Crippen molar-refractivity contribution in [2.45, 2.75) is 38.9 Å². The number of rotatable bonds is 4. The molecule has 116 valence electrons. The van der Waals surface area contributed by atoms with Gasteiger partial charge in [0.1, 0.15) is 11.4 Å². The Hall–Kier alpha value is -2.28. The third-order valence-electron chi connectivity index (χ3n) is 2.40. The zero-order chi connectivity index (χ0) is 16.2. The first-order valence-electron chi connectivity index (χ1n) is 6.31. The summed E-state index contributed by atoms with van der Waals surface area (Å²) in [6, 6.07) is 3.86. The molecule has 0 radical (unpaired) electrons. The lowest BCUT2D eigenvalue weighted by Crippen LogP contribution is -2.27. The first-order valence-corrected chi connectivity index (χ1v) is 6.31. The zero-order valence-electron chi connectivity index (χ0n) is 12.1. The van der Waals surface area contributed by atoms with Crippen LogP contribution in [-0.4, -0.2) is 33.0 Å². The van der Waals surface area contributed by atoms with E-state index in [-0.39, 0.29) is 17.0 Å². The van der Waals surface area contributed by atoms with Crippen molar-refractivity contribution in [2.24, 2.45) is 0 Å². The van der Waals surface area contributed by atoms with Gasteiger partial charge in [0.15, 0.2) is 0 Å². The molecule has 0 aliphatic carbocycles. The van der Waals surface area contributed by atoms with Crippen LogP contribution in [0, 0.1) is 0 Å². The van der Waals surface area contributed by atoms with E-state index >= 15 is 0 Å². The minimum absolute atomic E-state index is 0.100. The second-order valence-electron chi connectivity index (χ2n) is 5.51. The van der Waals surface area contributed by atoms with E-state index in [2.05, 4.69) is 5.32 Å². The predicted octanol–water partition coefficient (Wildman–Crippen LogP) is 2.25. The molecule has 1 atom stereocenters. The van der Waals surface area contributed by atoms with Gasteiger partial charge in [-0.05, 0) is 39.0 Å². The number of carboxylic acid groups (broad SMARTS) is 1. The summed E-state index contributed by atoms with van der Waals surface area (Å²) in [6.45, 7) is 5.09. The summed E-state index contributed by atoms with van der Waals surface area (Å²) in [5.41, 5.74) is -0.417. The number of hydrogen-bond donors (Lipinski definition) is 4. The number of benzene rings is 1. The Labute approximate surface area is 122 Å². The molecule has 0 fully saturated rings. The van der Waals surface area contributed by atoms with Gasteiger partial charge in [0.2, 0.25) is 0 Å². The highest BCUT2D eigenvalue weighted by Gasteiger charge is 2.21. The van der Waals surface area contributed by atoms with E-state index in [1.807, 2.05) is 0 Å². The average Bonchev–Trinajstić information content (AvgIpc) is 2.27. The number of aliphatic hydroxyl groups excluding tert-OH is 1. The van der Waals surface area contributed by atoms with Gasteiger partial charge in [-0.25, -0.2) is 4.79 Å². The maximum atomic E-state index is 11.7. The van der Waals surface area contributed by atoms with Crippen LogP contribution in [0.5, 0.6) is 5.75 Å². The normalized spacial score (nSPS) is 12.6. The molecule has 0 aromatic heterocycles. The number of ether oxygens (including phenoxy) is 1. The molecule has 0 saturated heterocycles. The van der Waals surface area contributed by atoms with E-state index in [9.17, 15) is 19.8 Å². The Morgan fingerprint density at radius 1 is 1.33 bits per heavy atom. The molecule has 0 saturated carbocycles. The molecule has 0 aliphatic heterocycles. The lowest BCUT2D eigenvalue weighted by Gasteiger charge is -2.21. The number of carboxylic acids is 1. The third kappa shape index (κ3) is 5.70. The fraction of sp³-hybridized carbons (Fsp3) is 0.429. The lowest BCUT2D eigenvalue weighted by atomic mass is 10.0. The van der Waals surface area contributed by atoms with Gasteiger partial charge in [-0.1, -0.05) is 0 Å². The van der Waals surface area contributed by atoms with Crippen molar-refractivity contribution in [1.29, 1.82) is 0 Å². The van der Waals surface area contributed by atoms with Gasteiger partial charge in [-0.3, -0.25) is 10.1 Å². The molecule has 0 unspecified atom stereocenters. The second-order valence-corrected chi connectivity index (χ2v) is 5.51. The molecule has 21 heavy (non-hydrogen) atoms. The number of amides is 1. The summed E-state index contributed by atoms with van der Waals surface area (Å²) in [4.78, 5) is 22.4. The van der Waals surface area contributed by atoms with Crippen molar-refractivity contribution in [2.75, 3.05) is 5.32 Å². The number of carbonyl (C=O) groups excluding carboxylic acids is 1. The quantitative estimate of drug-likeness (QED) is 0.633. The standard InChI is InChI=1S/C14H19NO6/c1-14(2,3)21-13(20)15-10-5-4-8(16)6-9(10)11(17)7-12(18)19/h4-6,11,16-17H,7H2,1-3H3,(H,15,20)(H,18,19)/t11-/m0/s1. The molecule has 0 aliphatic rings. The van der Waals surface area contributed by atoms with Crippen LogP contribution >= 0.6 is 0 Å². The molecule has 1 aromatic rings. The Bertz CT molecular complexity index is 535. The SMILES string of the molecule is CC(C)(C)OC(=O)Nc1ccc(O)cc1[C@@H](O)CC(=O)O. The highest BCUT2D eigenvalue weighted by Crippen LogP contribution is 2.29. The summed E-state index contributed by atoms with van der Waals surface area (Å²) in [5.74, 6) is -1.35. The first kappa shape index (κ1) is 16.8. The summed E-state index contributed by atoms with van der Waals surface area (Å²) in [5, 5.41) is 30.4. The minimum atomic E-state index is -1.36. The van der Waals surface area contributed by atoms with Crippen LogP contribution in [0.1, 0.15) is 38.9 Å². The number of nitrogens with one attached hydrogen (secondary N) is 1. The molecular weight excluding hydrogens is 278 g/mol. The van der Waals surface area contributed by atoms with Gasteiger partial charge in [-0.2, -0.15) is 0 Å².